The lowest BCUT2D eigenvalue weighted by Crippen LogP contribution is -2.09. The summed E-state index contributed by atoms with van der Waals surface area (Å²) in [6, 6.07) is 5.43. The summed E-state index contributed by atoms with van der Waals surface area (Å²) in [6.07, 6.45) is 8.01. The number of hydrogen-bond acceptors (Lipinski definition) is 4. The van der Waals surface area contributed by atoms with Gasteiger partial charge >= 0.3 is 5.97 Å². The molecule has 1 aliphatic rings. The van der Waals surface area contributed by atoms with Gasteiger partial charge in [-0.15, -0.1) is 5.73 Å². The van der Waals surface area contributed by atoms with Gasteiger partial charge in [0.25, 0.3) is 5.69 Å². The van der Waals surface area contributed by atoms with Crippen LogP contribution in [0.2, 0.25) is 0 Å². The quantitative estimate of drug-likeness (QED) is 0.209. The zero-order chi connectivity index (χ0) is 15.9. The molecule has 0 spiro atoms. The molecule has 116 valence electrons. The van der Waals surface area contributed by atoms with E-state index in [0.717, 1.165) is 12.8 Å². The number of nitro benzene ring substituents is 1. The molecule has 0 radical (unpaired) electrons. The van der Waals surface area contributed by atoms with E-state index >= 15 is 0 Å². The number of nitro groups is 1. The van der Waals surface area contributed by atoms with Crippen LogP contribution in [-0.4, -0.2) is 10.9 Å². The van der Waals surface area contributed by atoms with E-state index in [-0.39, 0.29) is 11.4 Å². The van der Waals surface area contributed by atoms with E-state index in [1.54, 1.807) is 6.92 Å². The van der Waals surface area contributed by atoms with Crippen molar-refractivity contribution in [2.45, 2.75) is 39.0 Å². The molecule has 0 bridgehead atoms. The predicted octanol–water partition coefficient (Wildman–Crippen LogP) is 4.18. The first kappa shape index (κ1) is 16.0. The topological polar surface area (TPSA) is 69.4 Å². The maximum absolute atomic E-state index is 11.9. The number of nitrogens with zero attached hydrogens (tertiary/aromatic N) is 1. The van der Waals surface area contributed by atoms with Crippen molar-refractivity contribution in [1.82, 2.24) is 0 Å². The van der Waals surface area contributed by atoms with Gasteiger partial charge < -0.3 is 4.74 Å². The zero-order valence-electron chi connectivity index (χ0n) is 12.6. The summed E-state index contributed by atoms with van der Waals surface area (Å²) in [5.74, 6) is 0.297. The highest BCUT2D eigenvalue weighted by Crippen LogP contribution is 2.24. The van der Waals surface area contributed by atoms with Gasteiger partial charge in [-0.25, -0.2) is 4.79 Å². The third-order valence-electron chi connectivity index (χ3n) is 3.75. The van der Waals surface area contributed by atoms with Crippen LogP contribution in [0.4, 0.5) is 5.69 Å². The molecule has 0 amide bonds. The van der Waals surface area contributed by atoms with Crippen LogP contribution in [0.25, 0.3) is 0 Å². The van der Waals surface area contributed by atoms with Crippen LogP contribution in [0.3, 0.4) is 0 Å². The van der Waals surface area contributed by atoms with Crippen molar-refractivity contribution in [1.29, 1.82) is 0 Å². The van der Waals surface area contributed by atoms with Gasteiger partial charge in [-0.3, -0.25) is 10.1 Å². The van der Waals surface area contributed by atoms with Gasteiger partial charge in [-0.05, 0) is 43.9 Å². The Morgan fingerprint density at radius 2 is 1.91 bits per heavy atom. The number of carbonyl (C=O) groups excluding carboxylic acids is 1. The third kappa shape index (κ3) is 4.57. The summed E-state index contributed by atoms with van der Waals surface area (Å²) in [6.45, 7) is 1.66. The Labute approximate surface area is 129 Å². The summed E-state index contributed by atoms with van der Waals surface area (Å²) in [5.41, 5.74) is 3.38. The minimum atomic E-state index is -0.496. The molecule has 0 heterocycles. The SMILES string of the molecule is CC(=C=CC1CCCCC1)C(=O)Oc1ccc([N+](=O)[O-])cc1. The van der Waals surface area contributed by atoms with E-state index in [4.69, 9.17) is 4.74 Å². The van der Waals surface area contributed by atoms with Crippen molar-refractivity contribution in [2.24, 2.45) is 5.92 Å². The smallest absolute Gasteiger partial charge is 0.346 e. The average Bonchev–Trinajstić information content (AvgIpc) is 2.54. The van der Waals surface area contributed by atoms with Crippen LogP contribution in [0.5, 0.6) is 5.75 Å². The van der Waals surface area contributed by atoms with Crippen LogP contribution in [0, 0.1) is 16.0 Å². The first-order valence-corrected chi connectivity index (χ1v) is 7.46. The van der Waals surface area contributed by atoms with Gasteiger partial charge in [0, 0.05) is 12.1 Å². The molecule has 1 saturated carbocycles. The molecule has 1 fully saturated rings. The number of non-ortho nitro benzene ring substituents is 1. The van der Waals surface area contributed by atoms with Crippen LogP contribution < -0.4 is 4.74 Å². The van der Waals surface area contributed by atoms with Crippen molar-refractivity contribution in [2.75, 3.05) is 0 Å². The fraction of sp³-hybridized carbons (Fsp3) is 0.412. The lowest BCUT2D eigenvalue weighted by atomic mass is 9.89. The van der Waals surface area contributed by atoms with Gasteiger partial charge in [0.05, 0.1) is 10.5 Å². The summed E-state index contributed by atoms with van der Waals surface area (Å²) < 4.78 is 5.17. The first-order chi connectivity index (χ1) is 10.6. The Kier molecular flexibility index (Phi) is 5.50. The fourth-order valence-electron chi connectivity index (χ4n) is 2.42. The number of hydrogen-bond donors (Lipinski definition) is 0. The van der Waals surface area contributed by atoms with Gasteiger partial charge in [0.1, 0.15) is 5.75 Å². The summed E-state index contributed by atoms with van der Waals surface area (Å²) in [5, 5.41) is 10.6. The second kappa shape index (κ2) is 7.57. The normalized spacial score (nSPS) is 14.8. The highest BCUT2D eigenvalue weighted by molar-refractivity contribution is 5.89. The molecule has 0 N–H and O–H groups in total. The van der Waals surface area contributed by atoms with E-state index in [9.17, 15) is 14.9 Å². The molecule has 1 aromatic rings. The minimum absolute atomic E-state index is 0.0377. The largest absolute Gasteiger partial charge is 0.423 e. The van der Waals surface area contributed by atoms with Crippen molar-refractivity contribution >= 4 is 11.7 Å². The molecular weight excluding hydrogens is 282 g/mol. The predicted molar refractivity (Wildman–Crippen MR) is 82.6 cm³/mol. The van der Waals surface area contributed by atoms with E-state index in [1.165, 1.54) is 43.5 Å². The number of esters is 1. The number of carbonyl (C=O) groups is 1. The van der Waals surface area contributed by atoms with Crippen molar-refractivity contribution in [3.8, 4) is 5.75 Å². The Morgan fingerprint density at radius 3 is 2.50 bits per heavy atom. The molecule has 1 aromatic carbocycles. The zero-order valence-corrected chi connectivity index (χ0v) is 12.6. The Balaban J connectivity index is 1.98. The van der Waals surface area contributed by atoms with Crippen molar-refractivity contribution < 1.29 is 14.5 Å². The third-order valence-corrected chi connectivity index (χ3v) is 3.75. The van der Waals surface area contributed by atoms with Crippen LogP contribution in [0.1, 0.15) is 39.0 Å². The molecule has 2 rings (SSSR count). The standard InChI is InChI=1S/C17H19NO4/c1-13(7-8-14-5-3-2-4-6-14)17(19)22-16-11-9-15(10-12-16)18(20)21/h8-12,14H,2-6H2,1H3. The Hall–Kier alpha value is -2.39. The molecule has 0 atom stereocenters. The van der Waals surface area contributed by atoms with Gasteiger partial charge in [-0.1, -0.05) is 19.3 Å². The van der Waals surface area contributed by atoms with E-state index in [1.807, 2.05) is 6.08 Å². The minimum Gasteiger partial charge on any atom is -0.423 e. The number of ether oxygens (including phenoxy) is 1. The van der Waals surface area contributed by atoms with Crippen LogP contribution in [0.15, 0.2) is 41.6 Å². The Bertz CT molecular complexity index is 606. The number of benzene rings is 1. The molecule has 0 aromatic heterocycles. The summed E-state index contributed by atoms with van der Waals surface area (Å²) in [4.78, 5) is 22.0. The van der Waals surface area contributed by atoms with Gasteiger partial charge in [0.2, 0.25) is 0 Å². The molecular formula is C17H19NO4. The van der Waals surface area contributed by atoms with Crippen LogP contribution >= 0.6 is 0 Å². The van der Waals surface area contributed by atoms with E-state index < -0.39 is 10.9 Å². The van der Waals surface area contributed by atoms with E-state index in [0.29, 0.717) is 11.5 Å². The van der Waals surface area contributed by atoms with Gasteiger partial charge in [-0.2, -0.15) is 0 Å². The monoisotopic (exact) mass is 301 g/mol. The maximum atomic E-state index is 11.9. The van der Waals surface area contributed by atoms with Gasteiger partial charge in [0.15, 0.2) is 0 Å². The molecule has 0 saturated heterocycles. The summed E-state index contributed by atoms with van der Waals surface area (Å²) >= 11 is 0. The highest BCUT2D eigenvalue weighted by Gasteiger charge is 2.11. The lowest BCUT2D eigenvalue weighted by molar-refractivity contribution is -0.384. The first-order valence-electron chi connectivity index (χ1n) is 7.46. The molecule has 1 aliphatic carbocycles. The highest BCUT2D eigenvalue weighted by atomic mass is 16.6. The van der Waals surface area contributed by atoms with Crippen molar-refractivity contribution in [3.63, 3.8) is 0 Å². The molecule has 0 unspecified atom stereocenters. The van der Waals surface area contributed by atoms with Crippen molar-refractivity contribution in [3.05, 3.63) is 51.8 Å². The molecule has 5 nitrogen and oxygen atoms in total. The van der Waals surface area contributed by atoms with Crippen LogP contribution in [-0.2, 0) is 4.79 Å². The van der Waals surface area contributed by atoms with E-state index in [2.05, 4.69) is 5.73 Å². The fourth-order valence-corrected chi connectivity index (χ4v) is 2.42. The molecule has 22 heavy (non-hydrogen) atoms. The average molecular weight is 301 g/mol. The number of rotatable bonds is 4. The summed E-state index contributed by atoms with van der Waals surface area (Å²) in [7, 11) is 0. The maximum Gasteiger partial charge on any atom is 0.346 e. The lowest BCUT2D eigenvalue weighted by Gasteiger charge is -2.16. The molecule has 0 aliphatic heterocycles. The second-order valence-corrected chi connectivity index (χ2v) is 5.47. The molecule has 5 heteroatoms. The Morgan fingerprint density at radius 1 is 1.27 bits per heavy atom. The second-order valence-electron chi connectivity index (χ2n) is 5.47.